The zero-order valence-corrected chi connectivity index (χ0v) is 13.6. The highest BCUT2D eigenvalue weighted by Crippen LogP contribution is 2.40. The van der Waals surface area contributed by atoms with Crippen LogP contribution in [0.3, 0.4) is 0 Å². The molecular formula is C17H26O5. The standard InChI is InChI=1S/C17H26O5/c1-13(18)21-16(7-3-4-8-16)11-15(20)12-17(22-14(2)19)9-5-6-10-17/h3-12H2,1-2H3. The van der Waals surface area contributed by atoms with E-state index in [4.69, 9.17) is 9.47 Å². The SMILES string of the molecule is CC(=O)OC1(CC(=O)CC2(OC(C)=O)CCCC2)CCCC1. The first-order chi connectivity index (χ1) is 10.3. The maximum Gasteiger partial charge on any atom is 0.303 e. The highest BCUT2D eigenvalue weighted by Gasteiger charge is 2.43. The smallest absolute Gasteiger partial charge is 0.303 e. The zero-order valence-electron chi connectivity index (χ0n) is 13.6. The zero-order chi connectivity index (χ0) is 16.2. The van der Waals surface area contributed by atoms with Gasteiger partial charge in [0.15, 0.2) is 0 Å². The highest BCUT2D eigenvalue weighted by atomic mass is 16.6. The number of rotatable bonds is 6. The molecule has 2 saturated carbocycles. The number of Topliss-reactive ketones (excluding diaryl/α,β-unsaturated/α-hetero) is 1. The second kappa shape index (κ2) is 6.80. The summed E-state index contributed by atoms with van der Waals surface area (Å²) in [5.41, 5.74) is -1.25. The molecule has 2 aliphatic rings. The molecule has 0 N–H and O–H groups in total. The molecular weight excluding hydrogens is 284 g/mol. The lowest BCUT2D eigenvalue weighted by Crippen LogP contribution is -2.38. The number of carbonyl (C=O) groups is 3. The average Bonchev–Trinajstić information content (AvgIpc) is 2.97. The summed E-state index contributed by atoms with van der Waals surface area (Å²) >= 11 is 0. The van der Waals surface area contributed by atoms with E-state index in [9.17, 15) is 14.4 Å². The van der Waals surface area contributed by atoms with Crippen molar-refractivity contribution in [3.63, 3.8) is 0 Å². The van der Waals surface area contributed by atoms with Crippen LogP contribution in [-0.2, 0) is 23.9 Å². The van der Waals surface area contributed by atoms with Gasteiger partial charge in [-0.25, -0.2) is 0 Å². The minimum Gasteiger partial charge on any atom is -0.459 e. The van der Waals surface area contributed by atoms with E-state index in [1.165, 1.54) is 13.8 Å². The Morgan fingerprint density at radius 2 is 1.05 bits per heavy atom. The molecule has 2 fully saturated rings. The van der Waals surface area contributed by atoms with E-state index in [0.717, 1.165) is 51.4 Å². The molecule has 5 heteroatoms. The van der Waals surface area contributed by atoms with Gasteiger partial charge in [-0.2, -0.15) is 0 Å². The van der Waals surface area contributed by atoms with Gasteiger partial charge in [0.2, 0.25) is 0 Å². The molecule has 0 atom stereocenters. The number of ketones is 1. The van der Waals surface area contributed by atoms with Crippen LogP contribution in [0.2, 0.25) is 0 Å². The van der Waals surface area contributed by atoms with Gasteiger partial charge in [-0.05, 0) is 51.4 Å². The summed E-state index contributed by atoms with van der Waals surface area (Å²) in [6, 6.07) is 0. The van der Waals surface area contributed by atoms with Gasteiger partial charge in [0.1, 0.15) is 17.0 Å². The Balaban J connectivity index is 2.00. The summed E-state index contributed by atoms with van der Waals surface area (Å²) in [5, 5.41) is 0. The number of hydrogen-bond acceptors (Lipinski definition) is 5. The van der Waals surface area contributed by atoms with Crippen molar-refractivity contribution in [1.29, 1.82) is 0 Å². The van der Waals surface area contributed by atoms with E-state index in [0.29, 0.717) is 0 Å². The van der Waals surface area contributed by atoms with Gasteiger partial charge >= 0.3 is 11.9 Å². The molecule has 0 unspecified atom stereocenters. The van der Waals surface area contributed by atoms with Crippen molar-refractivity contribution in [3.05, 3.63) is 0 Å². The number of hydrogen-bond donors (Lipinski definition) is 0. The van der Waals surface area contributed by atoms with Crippen LogP contribution >= 0.6 is 0 Å². The van der Waals surface area contributed by atoms with Crippen LogP contribution in [0.5, 0.6) is 0 Å². The summed E-state index contributed by atoms with van der Waals surface area (Å²) in [4.78, 5) is 35.2. The number of ether oxygens (including phenoxy) is 2. The molecule has 0 aromatic rings. The first kappa shape index (κ1) is 17.0. The van der Waals surface area contributed by atoms with Crippen LogP contribution in [0.15, 0.2) is 0 Å². The number of esters is 2. The van der Waals surface area contributed by atoms with E-state index in [-0.39, 0.29) is 30.6 Å². The molecule has 0 aliphatic heterocycles. The largest absolute Gasteiger partial charge is 0.459 e. The minimum atomic E-state index is -0.626. The van der Waals surface area contributed by atoms with Crippen molar-refractivity contribution in [2.45, 2.75) is 89.3 Å². The summed E-state index contributed by atoms with van der Waals surface area (Å²) in [6.45, 7) is 2.78. The van der Waals surface area contributed by atoms with E-state index in [1.54, 1.807) is 0 Å². The normalized spacial score (nSPS) is 22.3. The van der Waals surface area contributed by atoms with Gasteiger partial charge < -0.3 is 9.47 Å². The van der Waals surface area contributed by atoms with Crippen molar-refractivity contribution in [3.8, 4) is 0 Å². The third kappa shape index (κ3) is 4.31. The molecule has 0 amide bonds. The monoisotopic (exact) mass is 310 g/mol. The minimum absolute atomic E-state index is 0.0336. The lowest BCUT2D eigenvalue weighted by molar-refractivity contribution is -0.161. The molecule has 22 heavy (non-hydrogen) atoms. The predicted molar refractivity (Wildman–Crippen MR) is 80.2 cm³/mol. The van der Waals surface area contributed by atoms with E-state index in [1.807, 2.05) is 0 Å². The molecule has 5 nitrogen and oxygen atoms in total. The highest BCUT2D eigenvalue weighted by molar-refractivity contribution is 5.81. The maximum absolute atomic E-state index is 12.5. The molecule has 2 aliphatic carbocycles. The van der Waals surface area contributed by atoms with Gasteiger partial charge in [0.05, 0.1) is 0 Å². The predicted octanol–water partition coefficient (Wildman–Crippen LogP) is 3.09. The molecule has 0 radical (unpaired) electrons. The molecule has 0 spiro atoms. The first-order valence-electron chi connectivity index (χ1n) is 8.26. The number of carbonyl (C=O) groups excluding carboxylic acids is 3. The van der Waals surface area contributed by atoms with Crippen molar-refractivity contribution in [1.82, 2.24) is 0 Å². The lowest BCUT2D eigenvalue weighted by Gasteiger charge is -2.31. The third-order valence-corrected chi connectivity index (χ3v) is 4.79. The van der Waals surface area contributed by atoms with Crippen LogP contribution < -0.4 is 0 Å². The Hall–Kier alpha value is -1.39. The quantitative estimate of drug-likeness (QED) is 0.705. The van der Waals surface area contributed by atoms with Crippen LogP contribution in [0.1, 0.15) is 78.1 Å². The fourth-order valence-electron chi connectivity index (χ4n) is 4.06. The Bertz CT molecular complexity index is 402. The van der Waals surface area contributed by atoms with Crippen LogP contribution in [0.25, 0.3) is 0 Å². The van der Waals surface area contributed by atoms with Crippen molar-refractivity contribution in [2.24, 2.45) is 0 Å². The summed E-state index contributed by atoms with van der Waals surface area (Å²) < 4.78 is 11.0. The van der Waals surface area contributed by atoms with E-state index < -0.39 is 11.2 Å². The van der Waals surface area contributed by atoms with Crippen LogP contribution in [-0.4, -0.2) is 28.9 Å². The summed E-state index contributed by atoms with van der Waals surface area (Å²) in [5.74, 6) is -0.623. The molecule has 2 rings (SSSR count). The second-order valence-electron chi connectivity index (χ2n) is 6.86. The van der Waals surface area contributed by atoms with Crippen molar-refractivity contribution in [2.75, 3.05) is 0 Å². The van der Waals surface area contributed by atoms with E-state index in [2.05, 4.69) is 0 Å². The van der Waals surface area contributed by atoms with E-state index >= 15 is 0 Å². The Labute approximate surface area is 131 Å². The molecule has 0 heterocycles. The van der Waals surface area contributed by atoms with Crippen molar-refractivity contribution < 1.29 is 23.9 Å². The molecule has 0 bridgehead atoms. The molecule has 0 saturated heterocycles. The van der Waals surface area contributed by atoms with Gasteiger partial charge in [-0.15, -0.1) is 0 Å². The fraction of sp³-hybridized carbons (Fsp3) is 0.824. The fourth-order valence-corrected chi connectivity index (χ4v) is 4.06. The van der Waals surface area contributed by atoms with Gasteiger partial charge in [-0.3, -0.25) is 14.4 Å². The van der Waals surface area contributed by atoms with Gasteiger partial charge in [0.25, 0.3) is 0 Å². The Morgan fingerprint density at radius 3 is 1.32 bits per heavy atom. The van der Waals surface area contributed by atoms with Crippen LogP contribution in [0, 0.1) is 0 Å². The van der Waals surface area contributed by atoms with Crippen molar-refractivity contribution >= 4 is 17.7 Å². The first-order valence-corrected chi connectivity index (χ1v) is 8.26. The molecule has 124 valence electrons. The lowest BCUT2D eigenvalue weighted by atomic mass is 9.87. The summed E-state index contributed by atoms with van der Waals surface area (Å²) in [7, 11) is 0. The summed E-state index contributed by atoms with van der Waals surface area (Å²) in [6.07, 6.45) is 7.41. The Kier molecular flexibility index (Phi) is 5.24. The average molecular weight is 310 g/mol. The third-order valence-electron chi connectivity index (χ3n) is 4.79. The van der Waals surface area contributed by atoms with Crippen LogP contribution in [0.4, 0.5) is 0 Å². The second-order valence-corrected chi connectivity index (χ2v) is 6.86. The maximum atomic E-state index is 12.5. The topological polar surface area (TPSA) is 69.7 Å². The Morgan fingerprint density at radius 1 is 0.727 bits per heavy atom. The van der Waals surface area contributed by atoms with Gasteiger partial charge in [-0.1, -0.05) is 0 Å². The molecule has 0 aromatic carbocycles. The van der Waals surface area contributed by atoms with Gasteiger partial charge in [0, 0.05) is 26.7 Å². The molecule has 0 aromatic heterocycles.